The molecule has 2 fully saturated rings. The van der Waals surface area contributed by atoms with Gasteiger partial charge in [0.15, 0.2) is 0 Å². The highest BCUT2D eigenvalue weighted by atomic mass is 19.1. The van der Waals surface area contributed by atoms with Gasteiger partial charge in [0.25, 0.3) is 0 Å². The monoisotopic (exact) mass is 439 g/mol. The van der Waals surface area contributed by atoms with Crippen molar-refractivity contribution in [2.75, 3.05) is 49.6 Å². The predicted molar refractivity (Wildman–Crippen MR) is 122 cm³/mol. The van der Waals surface area contributed by atoms with Crippen LogP contribution < -0.4 is 10.2 Å². The number of halogens is 1. The summed E-state index contributed by atoms with van der Waals surface area (Å²) in [6.07, 6.45) is 2.45. The van der Waals surface area contributed by atoms with Crippen LogP contribution >= 0.6 is 0 Å². The van der Waals surface area contributed by atoms with Gasteiger partial charge in [0.1, 0.15) is 5.82 Å². The van der Waals surface area contributed by atoms with Crippen molar-refractivity contribution < 1.29 is 18.7 Å². The van der Waals surface area contributed by atoms with Gasteiger partial charge in [-0.05, 0) is 43.0 Å². The molecule has 0 aromatic heterocycles. The fourth-order valence-corrected chi connectivity index (χ4v) is 4.33. The number of ether oxygens (including phenoxy) is 1. The lowest BCUT2D eigenvalue weighted by Crippen LogP contribution is -2.41. The Morgan fingerprint density at radius 3 is 2.41 bits per heavy atom. The number of carbonyl (C=O) groups excluding carboxylic acids is 2. The van der Waals surface area contributed by atoms with Gasteiger partial charge in [-0.15, -0.1) is 0 Å². The second-order valence-corrected chi connectivity index (χ2v) is 8.40. The maximum absolute atomic E-state index is 14.6. The maximum atomic E-state index is 14.6. The number of piperidine rings is 1. The standard InChI is InChI=1S/C25H30FN3O3/c26-22-18-21(7-8-23(22)28-14-16-32-17-15-28)27-25(31)20-10-12-29(13-11-20)24(30)9-6-19-4-2-1-3-5-19/h1-5,7-8,18,20H,6,9-17H2,(H,27,31). The van der Waals surface area contributed by atoms with Crippen LogP contribution in [0.1, 0.15) is 24.8 Å². The van der Waals surface area contributed by atoms with Crippen molar-refractivity contribution in [3.8, 4) is 0 Å². The van der Waals surface area contributed by atoms with Gasteiger partial charge in [-0.3, -0.25) is 9.59 Å². The van der Waals surface area contributed by atoms with Crippen LogP contribution in [-0.4, -0.2) is 56.1 Å². The molecule has 0 unspecified atom stereocenters. The molecular formula is C25H30FN3O3. The van der Waals surface area contributed by atoms with E-state index in [0.717, 1.165) is 12.0 Å². The van der Waals surface area contributed by atoms with Crippen molar-refractivity contribution in [3.63, 3.8) is 0 Å². The van der Waals surface area contributed by atoms with Gasteiger partial charge in [0.05, 0.1) is 18.9 Å². The van der Waals surface area contributed by atoms with Crippen LogP contribution in [0, 0.1) is 11.7 Å². The highest BCUT2D eigenvalue weighted by molar-refractivity contribution is 5.93. The number of benzene rings is 2. The molecule has 32 heavy (non-hydrogen) atoms. The van der Waals surface area contributed by atoms with Crippen LogP contribution in [-0.2, 0) is 20.7 Å². The number of aryl methyl sites for hydroxylation is 1. The first-order valence-corrected chi connectivity index (χ1v) is 11.3. The Bertz CT molecular complexity index is 923. The summed E-state index contributed by atoms with van der Waals surface area (Å²) in [6, 6.07) is 14.8. The molecule has 0 saturated carbocycles. The molecule has 7 heteroatoms. The molecule has 6 nitrogen and oxygen atoms in total. The first-order valence-electron chi connectivity index (χ1n) is 11.3. The third kappa shape index (κ3) is 5.65. The summed E-state index contributed by atoms with van der Waals surface area (Å²) in [5.41, 5.74) is 2.15. The van der Waals surface area contributed by atoms with E-state index < -0.39 is 0 Å². The largest absolute Gasteiger partial charge is 0.378 e. The Labute approximate surface area is 188 Å². The Morgan fingerprint density at radius 2 is 1.72 bits per heavy atom. The van der Waals surface area contributed by atoms with E-state index in [2.05, 4.69) is 5.32 Å². The fraction of sp³-hybridized carbons (Fsp3) is 0.440. The summed E-state index contributed by atoms with van der Waals surface area (Å²) in [5, 5.41) is 2.85. The summed E-state index contributed by atoms with van der Waals surface area (Å²) in [7, 11) is 0. The molecule has 1 N–H and O–H groups in total. The Morgan fingerprint density at radius 1 is 1.00 bits per heavy atom. The number of anilines is 2. The minimum absolute atomic E-state index is 0.111. The van der Waals surface area contributed by atoms with Crippen LogP contribution in [0.4, 0.5) is 15.8 Å². The van der Waals surface area contributed by atoms with E-state index in [4.69, 9.17) is 4.74 Å². The summed E-state index contributed by atoms with van der Waals surface area (Å²) in [6.45, 7) is 3.65. The minimum atomic E-state index is -0.344. The molecule has 2 aliphatic rings. The van der Waals surface area contributed by atoms with Gasteiger partial charge in [0.2, 0.25) is 11.8 Å². The fourth-order valence-electron chi connectivity index (χ4n) is 4.33. The average Bonchev–Trinajstić information content (AvgIpc) is 2.84. The summed E-state index contributed by atoms with van der Waals surface area (Å²) < 4.78 is 19.9. The van der Waals surface area contributed by atoms with Crippen molar-refractivity contribution in [1.82, 2.24) is 4.90 Å². The topological polar surface area (TPSA) is 61.9 Å². The van der Waals surface area contributed by atoms with Crippen molar-refractivity contribution >= 4 is 23.2 Å². The molecule has 2 saturated heterocycles. The van der Waals surface area contributed by atoms with Gasteiger partial charge in [0, 0.05) is 44.2 Å². The third-order valence-electron chi connectivity index (χ3n) is 6.26. The number of carbonyl (C=O) groups is 2. The van der Waals surface area contributed by atoms with E-state index in [9.17, 15) is 14.0 Å². The van der Waals surface area contributed by atoms with Crippen molar-refractivity contribution in [2.45, 2.75) is 25.7 Å². The van der Waals surface area contributed by atoms with E-state index in [1.54, 1.807) is 12.1 Å². The number of hydrogen-bond acceptors (Lipinski definition) is 4. The Hall–Kier alpha value is -2.93. The second-order valence-electron chi connectivity index (χ2n) is 8.40. The van der Waals surface area contributed by atoms with E-state index in [-0.39, 0.29) is 23.5 Å². The van der Waals surface area contributed by atoms with Gasteiger partial charge in [-0.1, -0.05) is 30.3 Å². The van der Waals surface area contributed by atoms with Gasteiger partial charge >= 0.3 is 0 Å². The number of nitrogens with one attached hydrogen (secondary N) is 1. The van der Waals surface area contributed by atoms with Crippen molar-refractivity contribution in [3.05, 3.63) is 59.9 Å². The van der Waals surface area contributed by atoms with E-state index in [0.29, 0.717) is 70.0 Å². The number of likely N-dealkylation sites (tertiary alicyclic amines) is 1. The number of morpholine rings is 1. The highest BCUT2D eigenvalue weighted by Gasteiger charge is 2.27. The van der Waals surface area contributed by atoms with E-state index >= 15 is 0 Å². The highest BCUT2D eigenvalue weighted by Crippen LogP contribution is 2.25. The molecule has 4 rings (SSSR count). The number of amides is 2. The lowest BCUT2D eigenvalue weighted by Gasteiger charge is -2.31. The van der Waals surface area contributed by atoms with E-state index in [1.807, 2.05) is 40.1 Å². The molecule has 2 aliphatic heterocycles. The molecule has 0 radical (unpaired) electrons. The first-order chi connectivity index (χ1) is 15.6. The van der Waals surface area contributed by atoms with Crippen molar-refractivity contribution in [1.29, 1.82) is 0 Å². The number of hydrogen-bond donors (Lipinski definition) is 1. The molecule has 0 atom stereocenters. The molecule has 2 heterocycles. The minimum Gasteiger partial charge on any atom is -0.378 e. The third-order valence-corrected chi connectivity index (χ3v) is 6.26. The van der Waals surface area contributed by atoms with Crippen LogP contribution in [0.5, 0.6) is 0 Å². The molecule has 2 amide bonds. The first kappa shape index (κ1) is 22.3. The van der Waals surface area contributed by atoms with Gasteiger partial charge in [-0.2, -0.15) is 0 Å². The van der Waals surface area contributed by atoms with E-state index in [1.165, 1.54) is 6.07 Å². The molecule has 2 aromatic carbocycles. The summed E-state index contributed by atoms with van der Waals surface area (Å²) in [4.78, 5) is 29.0. The quantitative estimate of drug-likeness (QED) is 0.749. The maximum Gasteiger partial charge on any atom is 0.227 e. The molecule has 2 aromatic rings. The molecule has 0 aliphatic carbocycles. The van der Waals surface area contributed by atoms with Crippen molar-refractivity contribution in [2.24, 2.45) is 5.92 Å². The van der Waals surface area contributed by atoms with Crippen LogP contribution in [0.2, 0.25) is 0 Å². The molecule has 170 valence electrons. The summed E-state index contributed by atoms with van der Waals surface area (Å²) >= 11 is 0. The number of nitrogens with zero attached hydrogens (tertiary/aromatic N) is 2. The van der Waals surface area contributed by atoms with Gasteiger partial charge < -0.3 is 19.9 Å². The second kappa shape index (κ2) is 10.6. The zero-order chi connectivity index (χ0) is 22.3. The lowest BCUT2D eigenvalue weighted by atomic mass is 9.95. The zero-order valence-electron chi connectivity index (χ0n) is 18.3. The molecular weight excluding hydrogens is 409 g/mol. The zero-order valence-corrected chi connectivity index (χ0v) is 18.3. The molecule has 0 spiro atoms. The van der Waals surface area contributed by atoms with Gasteiger partial charge in [-0.25, -0.2) is 4.39 Å². The number of rotatable bonds is 6. The van der Waals surface area contributed by atoms with Crippen LogP contribution in [0.3, 0.4) is 0 Å². The molecule has 0 bridgehead atoms. The Kier molecular flexibility index (Phi) is 7.37. The van der Waals surface area contributed by atoms with Crippen LogP contribution in [0.25, 0.3) is 0 Å². The SMILES string of the molecule is O=C(Nc1ccc(N2CCOCC2)c(F)c1)C1CCN(C(=O)CCc2ccccc2)CC1. The smallest absolute Gasteiger partial charge is 0.227 e. The Balaban J connectivity index is 1.24. The summed E-state index contributed by atoms with van der Waals surface area (Å²) in [5.74, 6) is -0.493. The normalized spacial score (nSPS) is 17.3. The predicted octanol–water partition coefficient (Wildman–Crippen LogP) is 3.47. The van der Waals surface area contributed by atoms with Crippen LogP contribution in [0.15, 0.2) is 48.5 Å². The lowest BCUT2D eigenvalue weighted by molar-refractivity contribution is -0.134. The average molecular weight is 440 g/mol.